The van der Waals surface area contributed by atoms with Crippen LogP contribution in [0.4, 0.5) is 0 Å². The molecule has 3 N–H and O–H groups in total. The summed E-state index contributed by atoms with van der Waals surface area (Å²) < 4.78 is 0. The quantitative estimate of drug-likeness (QED) is 0.767. The molecule has 3 nitrogen and oxygen atoms in total. The van der Waals surface area contributed by atoms with Gasteiger partial charge in [-0.25, -0.2) is 0 Å². The zero-order chi connectivity index (χ0) is 11.0. The summed E-state index contributed by atoms with van der Waals surface area (Å²) in [5, 5.41) is 8.90. The van der Waals surface area contributed by atoms with Gasteiger partial charge in [0.2, 0.25) is 0 Å². The zero-order valence-corrected chi connectivity index (χ0v) is 8.73. The molecule has 1 aromatic carbocycles. The van der Waals surface area contributed by atoms with Crippen LogP contribution in [-0.4, -0.2) is 17.1 Å². The predicted octanol–water partition coefficient (Wildman–Crippen LogP) is 1.44. The van der Waals surface area contributed by atoms with Gasteiger partial charge in [0.1, 0.15) is 6.04 Å². The third-order valence-corrected chi connectivity index (χ3v) is 3.14. The first-order chi connectivity index (χ1) is 7.09. The number of nitrogens with two attached hydrogens (primary N) is 1. The van der Waals surface area contributed by atoms with Gasteiger partial charge in [-0.05, 0) is 30.9 Å². The summed E-state index contributed by atoms with van der Waals surface area (Å²) in [6.07, 6.45) is 1.80. The maximum atomic E-state index is 10.8. The molecule has 0 aliphatic heterocycles. The monoisotopic (exact) mass is 205 g/mol. The summed E-state index contributed by atoms with van der Waals surface area (Å²) >= 11 is 0. The molecular formula is C12H15NO2. The van der Waals surface area contributed by atoms with Gasteiger partial charge in [0, 0.05) is 5.92 Å². The molecule has 0 spiro atoms. The Morgan fingerprint density at radius 1 is 1.60 bits per heavy atom. The van der Waals surface area contributed by atoms with Crippen molar-refractivity contribution in [3.8, 4) is 0 Å². The van der Waals surface area contributed by atoms with Gasteiger partial charge < -0.3 is 10.8 Å². The fraction of sp³-hybridized carbons (Fsp3) is 0.417. The van der Waals surface area contributed by atoms with Gasteiger partial charge in [-0.1, -0.05) is 23.8 Å². The second kappa shape index (κ2) is 3.66. The van der Waals surface area contributed by atoms with Crippen molar-refractivity contribution < 1.29 is 9.90 Å². The molecule has 0 heterocycles. The highest BCUT2D eigenvalue weighted by molar-refractivity contribution is 5.75. The molecule has 3 heteroatoms. The first-order valence-electron chi connectivity index (χ1n) is 5.17. The Morgan fingerprint density at radius 3 is 3.00 bits per heavy atom. The Morgan fingerprint density at radius 2 is 2.33 bits per heavy atom. The van der Waals surface area contributed by atoms with Crippen LogP contribution in [0.3, 0.4) is 0 Å². The number of carboxylic acid groups (broad SMARTS) is 1. The molecule has 1 aromatic rings. The average Bonchev–Trinajstić information content (AvgIpc) is 2.59. The van der Waals surface area contributed by atoms with E-state index in [9.17, 15) is 4.79 Å². The van der Waals surface area contributed by atoms with E-state index >= 15 is 0 Å². The van der Waals surface area contributed by atoms with E-state index in [2.05, 4.69) is 6.07 Å². The maximum absolute atomic E-state index is 10.8. The summed E-state index contributed by atoms with van der Waals surface area (Å²) in [4.78, 5) is 10.8. The Kier molecular flexibility index (Phi) is 2.49. The van der Waals surface area contributed by atoms with Gasteiger partial charge in [0.15, 0.2) is 0 Å². The molecule has 0 fully saturated rings. The molecule has 2 rings (SSSR count). The molecule has 0 saturated carbocycles. The van der Waals surface area contributed by atoms with E-state index in [0.717, 1.165) is 18.4 Å². The molecule has 0 saturated heterocycles. The number of carbonyl (C=O) groups is 1. The SMILES string of the molecule is Cc1ccc2c(c1)CCC2C(N)C(=O)O. The van der Waals surface area contributed by atoms with E-state index in [1.165, 1.54) is 11.1 Å². The Bertz CT molecular complexity index is 401. The highest BCUT2D eigenvalue weighted by Gasteiger charge is 2.31. The van der Waals surface area contributed by atoms with Crippen molar-refractivity contribution >= 4 is 5.97 Å². The lowest BCUT2D eigenvalue weighted by Gasteiger charge is -2.16. The fourth-order valence-corrected chi connectivity index (χ4v) is 2.32. The van der Waals surface area contributed by atoms with Crippen LogP contribution in [0, 0.1) is 6.92 Å². The van der Waals surface area contributed by atoms with E-state index in [4.69, 9.17) is 10.8 Å². The van der Waals surface area contributed by atoms with E-state index in [0.29, 0.717) is 0 Å². The first kappa shape index (κ1) is 10.2. The van der Waals surface area contributed by atoms with Crippen LogP contribution in [0.2, 0.25) is 0 Å². The zero-order valence-electron chi connectivity index (χ0n) is 8.73. The minimum absolute atomic E-state index is 0.0156. The van der Waals surface area contributed by atoms with Crippen molar-refractivity contribution in [3.63, 3.8) is 0 Å². The van der Waals surface area contributed by atoms with Crippen molar-refractivity contribution in [1.29, 1.82) is 0 Å². The first-order valence-corrected chi connectivity index (χ1v) is 5.17. The van der Waals surface area contributed by atoms with Crippen molar-refractivity contribution in [3.05, 3.63) is 34.9 Å². The van der Waals surface area contributed by atoms with Crippen LogP contribution in [0.1, 0.15) is 29.0 Å². The second-order valence-electron chi connectivity index (χ2n) is 4.21. The summed E-state index contributed by atoms with van der Waals surface area (Å²) in [6.45, 7) is 2.05. The minimum atomic E-state index is -0.909. The Labute approximate surface area is 88.9 Å². The molecule has 1 aliphatic rings. The lowest BCUT2D eigenvalue weighted by molar-refractivity contribution is -0.139. The largest absolute Gasteiger partial charge is 0.480 e. The fourth-order valence-electron chi connectivity index (χ4n) is 2.32. The van der Waals surface area contributed by atoms with Crippen LogP contribution >= 0.6 is 0 Å². The van der Waals surface area contributed by atoms with Gasteiger partial charge in [-0.2, -0.15) is 0 Å². The van der Waals surface area contributed by atoms with Crippen molar-refractivity contribution in [1.82, 2.24) is 0 Å². The third kappa shape index (κ3) is 1.75. The highest BCUT2D eigenvalue weighted by atomic mass is 16.4. The topological polar surface area (TPSA) is 63.3 Å². The molecule has 2 unspecified atom stereocenters. The lowest BCUT2D eigenvalue weighted by atomic mass is 9.93. The molecule has 1 aliphatic carbocycles. The van der Waals surface area contributed by atoms with E-state index in [1.807, 2.05) is 19.1 Å². The lowest BCUT2D eigenvalue weighted by Crippen LogP contribution is -2.35. The predicted molar refractivity (Wildman–Crippen MR) is 57.9 cm³/mol. The second-order valence-corrected chi connectivity index (χ2v) is 4.21. The summed E-state index contributed by atoms with van der Waals surface area (Å²) in [5.74, 6) is -0.925. The van der Waals surface area contributed by atoms with Gasteiger partial charge in [0.05, 0.1) is 0 Å². The van der Waals surface area contributed by atoms with Crippen LogP contribution in [0.5, 0.6) is 0 Å². The number of rotatable bonds is 2. The molecular weight excluding hydrogens is 190 g/mol. The van der Waals surface area contributed by atoms with Crippen LogP contribution in [0.15, 0.2) is 18.2 Å². The average molecular weight is 205 g/mol. The van der Waals surface area contributed by atoms with Gasteiger partial charge in [0.25, 0.3) is 0 Å². The van der Waals surface area contributed by atoms with Gasteiger partial charge >= 0.3 is 5.97 Å². The molecule has 0 aromatic heterocycles. The standard InChI is InChI=1S/C12H15NO2/c1-7-2-4-9-8(6-7)3-5-10(9)11(13)12(14)15/h2,4,6,10-11H,3,5,13H2,1H3,(H,14,15). The number of benzene rings is 1. The number of hydrogen-bond donors (Lipinski definition) is 2. The van der Waals surface area contributed by atoms with E-state index in [1.54, 1.807) is 0 Å². The molecule has 0 amide bonds. The Hall–Kier alpha value is -1.35. The summed E-state index contributed by atoms with van der Waals surface area (Å²) in [6, 6.07) is 5.40. The molecule has 80 valence electrons. The third-order valence-electron chi connectivity index (χ3n) is 3.14. The van der Waals surface area contributed by atoms with E-state index in [-0.39, 0.29) is 5.92 Å². The van der Waals surface area contributed by atoms with Crippen LogP contribution in [-0.2, 0) is 11.2 Å². The van der Waals surface area contributed by atoms with Gasteiger partial charge in [-0.3, -0.25) is 4.79 Å². The smallest absolute Gasteiger partial charge is 0.321 e. The number of hydrogen-bond acceptors (Lipinski definition) is 2. The van der Waals surface area contributed by atoms with Crippen LogP contribution in [0.25, 0.3) is 0 Å². The van der Waals surface area contributed by atoms with E-state index < -0.39 is 12.0 Å². The number of carboxylic acids is 1. The maximum Gasteiger partial charge on any atom is 0.321 e. The van der Waals surface area contributed by atoms with Crippen LogP contribution < -0.4 is 5.73 Å². The van der Waals surface area contributed by atoms with Crippen molar-refractivity contribution in [2.45, 2.75) is 31.7 Å². The molecule has 0 bridgehead atoms. The molecule has 2 atom stereocenters. The number of fused-ring (bicyclic) bond motifs is 1. The minimum Gasteiger partial charge on any atom is -0.480 e. The van der Waals surface area contributed by atoms with Crippen molar-refractivity contribution in [2.75, 3.05) is 0 Å². The van der Waals surface area contributed by atoms with Crippen molar-refractivity contribution in [2.24, 2.45) is 5.73 Å². The normalized spacial score (nSPS) is 21.1. The Balaban J connectivity index is 2.32. The van der Waals surface area contributed by atoms with Gasteiger partial charge in [-0.15, -0.1) is 0 Å². The number of aliphatic carboxylic acids is 1. The summed E-state index contributed by atoms with van der Waals surface area (Å²) in [5.41, 5.74) is 9.28. The highest BCUT2D eigenvalue weighted by Crippen LogP contribution is 2.35. The molecule has 0 radical (unpaired) electrons. The number of aryl methyl sites for hydroxylation is 2. The molecule has 15 heavy (non-hydrogen) atoms. The summed E-state index contributed by atoms with van der Waals surface area (Å²) in [7, 11) is 0.